The highest BCUT2D eigenvalue weighted by atomic mass is 127. The second-order valence-electron chi connectivity index (χ2n) is 7.68. The van der Waals surface area contributed by atoms with Gasteiger partial charge in [0.05, 0.1) is 9.71 Å². The number of halogens is 1. The maximum Gasteiger partial charge on any atom is 0.354 e. The lowest BCUT2D eigenvalue weighted by atomic mass is 10.0. The van der Waals surface area contributed by atoms with Gasteiger partial charge in [0.15, 0.2) is 10.7 Å². The lowest BCUT2D eigenvalue weighted by Gasteiger charge is -2.22. The summed E-state index contributed by atoms with van der Waals surface area (Å²) in [6.07, 6.45) is 2.96. The molecule has 0 saturated heterocycles. The standard InChI is InChI=1S/C21H22IN3O4S/c1-12-9-13(5-6-14(12)20(30)29-21(2,3)4)11-23-18(26)15-10-16(19(27)28)25-17(22-15)7-8-24-25/h5-10H,11H2,1-4H3,(H,23,26)(H,27,28). The molecule has 9 heteroatoms. The quantitative estimate of drug-likeness (QED) is 0.448. The molecule has 1 aromatic carbocycles. The number of ether oxygens (including phenoxy) is 1. The molecule has 1 aromatic heterocycles. The van der Waals surface area contributed by atoms with Gasteiger partial charge in [-0.3, -0.25) is 4.79 Å². The molecule has 7 nitrogen and oxygen atoms in total. The molecule has 2 aromatic rings. The molecule has 1 aliphatic rings. The highest BCUT2D eigenvalue weighted by Crippen LogP contribution is 2.24. The van der Waals surface area contributed by atoms with Crippen molar-refractivity contribution in [3.05, 3.63) is 56.9 Å². The summed E-state index contributed by atoms with van der Waals surface area (Å²) in [7, 11) is 0. The minimum absolute atomic E-state index is 0.0151. The Hall–Kier alpha value is -2.40. The number of hydrogen-bond acceptors (Lipinski definition) is 5. The van der Waals surface area contributed by atoms with Crippen LogP contribution in [0.25, 0.3) is 5.70 Å². The minimum atomic E-state index is -1.12. The van der Waals surface area contributed by atoms with Gasteiger partial charge in [0.1, 0.15) is 9.30 Å². The molecule has 0 fully saturated rings. The number of fused-ring (bicyclic) bond motifs is 1. The van der Waals surface area contributed by atoms with Gasteiger partial charge in [0.25, 0.3) is 5.91 Å². The topological polar surface area (TPSA) is 93.5 Å². The largest absolute Gasteiger partial charge is 0.477 e. The van der Waals surface area contributed by atoms with Crippen molar-refractivity contribution in [3.8, 4) is 0 Å². The Bertz CT molecular complexity index is 1100. The van der Waals surface area contributed by atoms with Crippen molar-refractivity contribution >= 4 is 59.1 Å². The summed E-state index contributed by atoms with van der Waals surface area (Å²) in [6, 6.07) is 7.50. The number of rotatable bonds is 5. The first-order valence-electron chi connectivity index (χ1n) is 9.17. The molecule has 158 valence electrons. The third-order valence-electron chi connectivity index (χ3n) is 4.09. The first-order chi connectivity index (χ1) is 14.0. The summed E-state index contributed by atoms with van der Waals surface area (Å²) in [5, 5.41) is 16.8. The molecule has 0 aliphatic carbocycles. The second kappa shape index (κ2) is 8.76. The van der Waals surface area contributed by atoms with Crippen LogP contribution >= 0.6 is 32.9 Å². The maximum absolute atomic E-state index is 12.7. The van der Waals surface area contributed by atoms with Crippen LogP contribution in [0.2, 0.25) is 0 Å². The zero-order valence-electron chi connectivity index (χ0n) is 17.0. The van der Waals surface area contributed by atoms with E-state index in [1.807, 2.05) is 45.9 Å². The summed E-state index contributed by atoms with van der Waals surface area (Å²) in [5.74, 6) is -1.38. The fourth-order valence-electron chi connectivity index (χ4n) is 2.77. The fraction of sp³-hybridized carbons (Fsp3) is 0.286. The van der Waals surface area contributed by atoms with Crippen molar-refractivity contribution < 1.29 is 19.4 Å². The Morgan fingerprint density at radius 1 is 1.30 bits per heavy atom. The number of aryl methyl sites for hydroxylation is 1. The van der Waals surface area contributed by atoms with Crippen LogP contribution in [0.4, 0.5) is 0 Å². The molecule has 0 spiro atoms. The summed E-state index contributed by atoms with van der Waals surface area (Å²) in [4.78, 5) is 24.2. The number of nitrogens with one attached hydrogen (secondary N) is 1. The van der Waals surface area contributed by atoms with E-state index in [1.165, 1.54) is 10.8 Å². The molecule has 1 amide bonds. The lowest BCUT2D eigenvalue weighted by molar-refractivity contribution is -0.130. The number of hydrogen-bond donors (Lipinski definition) is 2. The van der Waals surface area contributed by atoms with E-state index in [-0.39, 0.29) is 17.2 Å². The van der Waals surface area contributed by atoms with Crippen molar-refractivity contribution in [2.45, 2.75) is 39.8 Å². The molecular formula is C21H22IN3O4S. The van der Waals surface area contributed by atoms with Crippen molar-refractivity contribution in [2.24, 2.45) is 0 Å². The molecule has 3 rings (SSSR count). The van der Waals surface area contributed by atoms with Crippen molar-refractivity contribution in [1.29, 1.82) is 0 Å². The third kappa shape index (κ3) is 5.20. The Kier molecular flexibility index (Phi) is 6.51. The van der Waals surface area contributed by atoms with E-state index in [2.05, 4.69) is 10.4 Å². The lowest BCUT2D eigenvalue weighted by Crippen LogP contribution is -2.30. The van der Waals surface area contributed by atoms with Gasteiger partial charge in [0, 0.05) is 12.1 Å². The predicted molar refractivity (Wildman–Crippen MR) is 127 cm³/mol. The van der Waals surface area contributed by atoms with E-state index in [4.69, 9.17) is 17.0 Å². The number of aliphatic carboxylic acids is 1. The van der Waals surface area contributed by atoms with E-state index in [1.54, 1.807) is 12.3 Å². The summed E-state index contributed by atoms with van der Waals surface area (Å²) in [5.41, 5.74) is 2.35. The van der Waals surface area contributed by atoms with Gasteiger partial charge < -0.3 is 15.2 Å². The number of amides is 1. The zero-order chi connectivity index (χ0) is 22.1. The molecule has 0 radical (unpaired) electrons. The second-order valence-corrected chi connectivity index (χ2v) is 10.9. The van der Waals surface area contributed by atoms with Crippen LogP contribution in [0, 0.1) is 10.6 Å². The average molecular weight is 539 g/mol. The Balaban J connectivity index is 1.70. The van der Waals surface area contributed by atoms with Crippen molar-refractivity contribution in [3.63, 3.8) is 0 Å². The van der Waals surface area contributed by atoms with Crippen molar-refractivity contribution in [1.82, 2.24) is 15.1 Å². The molecule has 2 heterocycles. The van der Waals surface area contributed by atoms with Crippen LogP contribution in [0.3, 0.4) is 0 Å². The van der Waals surface area contributed by atoms with Gasteiger partial charge in [-0.05, 0) is 69.2 Å². The Labute approximate surface area is 189 Å². The van der Waals surface area contributed by atoms with Gasteiger partial charge in [-0.15, -0.1) is 0 Å². The summed E-state index contributed by atoms with van der Waals surface area (Å²) >= 11 is 4.58. The number of carboxylic acids is 1. The maximum atomic E-state index is 12.7. The molecule has 0 unspecified atom stereocenters. The Morgan fingerprint density at radius 2 is 2.03 bits per heavy atom. The molecule has 0 saturated carbocycles. The summed E-state index contributed by atoms with van der Waals surface area (Å²) in [6.45, 7) is 8.11. The third-order valence-corrected chi connectivity index (χ3v) is 7.14. The highest BCUT2D eigenvalue weighted by molar-refractivity contribution is 14.2. The number of carbonyl (C=O) groups is 2. The highest BCUT2D eigenvalue weighted by Gasteiger charge is 2.22. The van der Waals surface area contributed by atoms with Crippen LogP contribution in [0.15, 0.2) is 36.5 Å². The number of aromatic nitrogens is 2. The van der Waals surface area contributed by atoms with Gasteiger partial charge in [0.2, 0.25) is 0 Å². The van der Waals surface area contributed by atoms with Gasteiger partial charge >= 0.3 is 5.97 Å². The van der Waals surface area contributed by atoms with Gasteiger partial charge in [-0.2, -0.15) is 5.10 Å². The molecule has 2 N–H and O–H groups in total. The first kappa shape index (κ1) is 22.3. The van der Waals surface area contributed by atoms with Crippen LogP contribution in [0.1, 0.15) is 37.5 Å². The monoisotopic (exact) mass is 539 g/mol. The molecular weight excluding hydrogens is 517 g/mol. The molecule has 0 atom stereocenters. The van der Waals surface area contributed by atoms with Gasteiger partial charge in [-0.25, -0.2) is 9.48 Å². The normalized spacial score (nSPS) is 13.3. The Morgan fingerprint density at radius 3 is 2.67 bits per heavy atom. The smallest absolute Gasteiger partial charge is 0.354 e. The number of nitrogens with zero attached hydrogens (tertiary/aromatic N) is 2. The molecule has 1 aliphatic heterocycles. The number of carboxylic acid groups (broad SMARTS) is 1. The van der Waals surface area contributed by atoms with Crippen LogP contribution in [-0.4, -0.2) is 40.9 Å². The SMILES string of the molecule is Cc1cc(CNC(=O)C2=Ic3ccnn3C(C(=O)O)=C2)ccc1C(=S)OC(C)(C)C. The van der Waals surface area contributed by atoms with Crippen LogP contribution < -0.4 is 5.32 Å². The predicted octanol–water partition coefficient (Wildman–Crippen LogP) is 3.25. The summed E-state index contributed by atoms with van der Waals surface area (Å²) < 4.78 is 8.42. The van der Waals surface area contributed by atoms with Crippen LogP contribution in [0.5, 0.6) is 0 Å². The van der Waals surface area contributed by atoms with Crippen molar-refractivity contribution in [2.75, 3.05) is 0 Å². The van der Waals surface area contributed by atoms with Crippen LogP contribution in [-0.2, 0) is 20.9 Å². The van der Waals surface area contributed by atoms with E-state index in [0.717, 1.165) is 20.4 Å². The first-order valence-corrected chi connectivity index (χ1v) is 11.7. The van der Waals surface area contributed by atoms with E-state index in [0.29, 0.717) is 15.1 Å². The molecule has 0 bridgehead atoms. The minimum Gasteiger partial charge on any atom is -0.477 e. The number of carbonyl (C=O) groups excluding carboxylic acids is 1. The van der Waals surface area contributed by atoms with E-state index in [9.17, 15) is 14.7 Å². The van der Waals surface area contributed by atoms with E-state index < -0.39 is 26.7 Å². The zero-order valence-corrected chi connectivity index (χ0v) is 20.0. The fourth-order valence-corrected chi connectivity index (χ4v) is 5.69. The number of thiocarbonyl (C=S) groups is 1. The number of benzene rings is 1. The van der Waals surface area contributed by atoms with Gasteiger partial charge in [-0.1, -0.05) is 32.9 Å². The average Bonchev–Trinajstić information content (AvgIpc) is 3.12. The van der Waals surface area contributed by atoms with E-state index >= 15 is 0 Å². The molecule has 30 heavy (non-hydrogen) atoms.